The smallest absolute Gasteiger partial charge is 0.0730 e. The predicted molar refractivity (Wildman–Crippen MR) is 109 cm³/mol. The molecule has 0 atom stereocenters. The molecule has 1 saturated heterocycles. The summed E-state index contributed by atoms with van der Waals surface area (Å²) in [4.78, 5) is 7.35. The van der Waals surface area contributed by atoms with Crippen LogP contribution in [0.1, 0.15) is 26.3 Å². The van der Waals surface area contributed by atoms with Gasteiger partial charge in [-0.2, -0.15) is 0 Å². The summed E-state index contributed by atoms with van der Waals surface area (Å²) in [5, 5.41) is 1.21. The van der Waals surface area contributed by atoms with E-state index in [9.17, 15) is 0 Å². The number of nitrogens with zero attached hydrogens (tertiary/aromatic N) is 2. The van der Waals surface area contributed by atoms with Crippen LogP contribution in [0.3, 0.4) is 0 Å². The SMILES string of the molecule is CC(C)(C)c1ccc(-c2cc(N3CCOCC3)c3ccccc3n2)cc1. The van der Waals surface area contributed by atoms with E-state index in [2.05, 4.69) is 80.3 Å². The third-order valence-corrected chi connectivity index (χ3v) is 5.09. The summed E-state index contributed by atoms with van der Waals surface area (Å²) in [5.74, 6) is 0. The van der Waals surface area contributed by atoms with Crippen molar-refractivity contribution in [2.75, 3.05) is 31.2 Å². The second kappa shape index (κ2) is 6.73. The number of morpholine rings is 1. The summed E-state index contributed by atoms with van der Waals surface area (Å²) in [7, 11) is 0. The molecule has 3 heteroatoms. The predicted octanol–water partition coefficient (Wildman–Crippen LogP) is 5.04. The van der Waals surface area contributed by atoms with E-state index in [-0.39, 0.29) is 5.41 Å². The molecule has 0 bridgehead atoms. The summed E-state index contributed by atoms with van der Waals surface area (Å²) in [6, 6.07) is 19.5. The van der Waals surface area contributed by atoms with E-state index in [0.29, 0.717) is 0 Å². The van der Waals surface area contributed by atoms with Crippen molar-refractivity contribution < 1.29 is 4.74 Å². The fourth-order valence-electron chi connectivity index (χ4n) is 3.51. The van der Waals surface area contributed by atoms with E-state index >= 15 is 0 Å². The number of hydrogen-bond donors (Lipinski definition) is 0. The van der Waals surface area contributed by atoms with Gasteiger partial charge >= 0.3 is 0 Å². The fourth-order valence-corrected chi connectivity index (χ4v) is 3.51. The zero-order valence-corrected chi connectivity index (χ0v) is 15.8. The van der Waals surface area contributed by atoms with Crippen LogP contribution in [0, 0.1) is 0 Å². The number of ether oxygens (including phenoxy) is 1. The molecule has 0 aliphatic carbocycles. The summed E-state index contributed by atoms with van der Waals surface area (Å²) in [6.45, 7) is 10.2. The Hall–Kier alpha value is -2.39. The van der Waals surface area contributed by atoms with E-state index in [4.69, 9.17) is 9.72 Å². The lowest BCUT2D eigenvalue weighted by Gasteiger charge is -2.30. The molecule has 0 amide bonds. The summed E-state index contributed by atoms with van der Waals surface area (Å²) < 4.78 is 5.54. The third-order valence-electron chi connectivity index (χ3n) is 5.09. The first-order valence-electron chi connectivity index (χ1n) is 9.36. The average Bonchev–Trinajstić information content (AvgIpc) is 2.67. The summed E-state index contributed by atoms with van der Waals surface area (Å²) >= 11 is 0. The van der Waals surface area contributed by atoms with Gasteiger partial charge in [0.25, 0.3) is 0 Å². The first-order chi connectivity index (χ1) is 12.5. The summed E-state index contributed by atoms with van der Waals surface area (Å²) in [5.41, 5.74) is 6.01. The van der Waals surface area contributed by atoms with Gasteiger partial charge in [-0.15, -0.1) is 0 Å². The van der Waals surface area contributed by atoms with Gasteiger partial charge in [0.1, 0.15) is 0 Å². The molecule has 0 unspecified atom stereocenters. The van der Waals surface area contributed by atoms with E-state index in [1.807, 2.05) is 0 Å². The van der Waals surface area contributed by atoms with Gasteiger partial charge in [-0.3, -0.25) is 0 Å². The molecular weight excluding hydrogens is 320 g/mol. The molecule has 26 heavy (non-hydrogen) atoms. The van der Waals surface area contributed by atoms with Crippen LogP contribution in [0.4, 0.5) is 5.69 Å². The van der Waals surface area contributed by atoms with Crippen LogP contribution in [-0.4, -0.2) is 31.3 Å². The van der Waals surface area contributed by atoms with Crippen molar-refractivity contribution in [3.05, 3.63) is 60.2 Å². The number of pyridine rings is 1. The third kappa shape index (κ3) is 3.32. The van der Waals surface area contributed by atoms with Gasteiger partial charge in [0, 0.05) is 29.7 Å². The van der Waals surface area contributed by atoms with Crippen molar-refractivity contribution in [1.82, 2.24) is 4.98 Å². The van der Waals surface area contributed by atoms with Gasteiger partial charge in [-0.25, -0.2) is 4.98 Å². The number of aromatic nitrogens is 1. The van der Waals surface area contributed by atoms with E-state index in [1.165, 1.54) is 22.2 Å². The quantitative estimate of drug-likeness (QED) is 0.650. The molecule has 134 valence electrons. The van der Waals surface area contributed by atoms with Crippen LogP contribution in [0.5, 0.6) is 0 Å². The Kier molecular flexibility index (Phi) is 4.41. The number of fused-ring (bicyclic) bond motifs is 1. The van der Waals surface area contributed by atoms with Crippen LogP contribution < -0.4 is 4.90 Å². The Balaban J connectivity index is 1.80. The van der Waals surface area contributed by atoms with Crippen LogP contribution in [0.15, 0.2) is 54.6 Å². The lowest BCUT2D eigenvalue weighted by molar-refractivity contribution is 0.123. The highest BCUT2D eigenvalue weighted by Crippen LogP contribution is 2.32. The molecule has 0 spiro atoms. The molecule has 1 aliphatic rings. The molecule has 1 fully saturated rings. The van der Waals surface area contributed by atoms with Crippen LogP contribution in [-0.2, 0) is 10.2 Å². The molecule has 0 N–H and O–H groups in total. The zero-order chi connectivity index (χ0) is 18.1. The number of anilines is 1. The topological polar surface area (TPSA) is 25.4 Å². The highest BCUT2D eigenvalue weighted by atomic mass is 16.5. The van der Waals surface area contributed by atoms with Crippen molar-refractivity contribution in [3.8, 4) is 11.3 Å². The minimum absolute atomic E-state index is 0.161. The zero-order valence-electron chi connectivity index (χ0n) is 15.8. The molecule has 1 aliphatic heterocycles. The molecule has 2 aromatic carbocycles. The van der Waals surface area contributed by atoms with E-state index < -0.39 is 0 Å². The minimum atomic E-state index is 0.161. The Morgan fingerprint density at radius 2 is 1.62 bits per heavy atom. The number of para-hydroxylation sites is 1. The van der Waals surface area contributed by atoms with Gasteiger partial charge in [-0.05, 0) is 23.1 Å². The average molecular weight is 346 g/mol. The largest absolute Gasteiger partial charge is 0.378 e. The van der Waals surface area contributed by atoms with Crippen LogP contribution in [0.2, 0.25) is 0 Å². The standard InChI is InChI=1S/C23H26N2O/c1-23(2,3)18-10-8-17(9-11-18)21-16-22(25-12-14-26-15-13-25)19-6-4-5-7-20(19)24-21/h4-11,16H,12-15H2,1-3H3. The number of rotatable bonds is 2. The molecular formula is C23H26N2O. The van der Waals surface area contributed by atoms with Crippen molar-refractivity contribution in [2.24, 2.45) is 0 Å². The minimum Gasteiger partial charge on any atom is -0.378 e. The van der Waals surface area contributed by atoms with Crippen molar-refractivity contribution >= 4 is 16.6 Å². The van der Waals surface area contributed by atoms with Crippen LogP contribution >= 0.6 is 0 Å². The van der Waals surface area contributed by atoms with E-state index in [0.717, 1.165) is 37.5 Å². The molecule has 0 radical (unpaired) electrons. The maximum atomic E-state index is 5.54. The highest BCUT2D eigenvalue weighted by molar-refractivity contribution is 5.94. The molecule has 2 heterocycles. The van der Waals surface area contributed by atoms with Gasteiger partial charge in [0.15, 0.2) is 0 Å². The maximum Gasteiger partial charge on any atom is 0.0730 e. The molecule has 1 aromatic heterocycles. The Labute approximate surface area is 155 Å². The van der Waals surface area contributed by atoms with E-state index in [1.54, 1.807) is 0 Å². The molecule has 3 nitrogen and oxygen atoms in total. The number of hydrogen-bond acceptors (Lipinski definition) is 3. The molecule has 4 rings (SSSR count). The summed E-state index contributed by atoms with van der Waals surface area (Å²) in [6.07, 6.45) is 0. The first kappa shape index (κ1) is 17.0. The normalized spacial score (nSPS) is 15.4. The second-order valence-electron chi connectivity index (χ2n) is 7.97. The lowest BCUT2D eigenvalue weighted by atomic mass is 9.86. The first-order valence-corrected chi connectivity index (χ1v) is 9.36. The molecule has 3 aromatic rings. The fraction of sp³-hybridized carbons (Fsp3) is 0.348. The lowest BCUT2D eigenvalue weighted by Crippen LogP contribution is -2.36. The molecule has 0 saturated carbocycles. The van der Waals surface area contributed by atoms with Crippen molar-refractivity contribution in [3.63, 3.8) is 0 Å². The number of benzene rings is 2. The van der Waals surface area contributed by atoms with Crippen molar-refractivity contribution in [2.45, 2.75) is 26.2 Å². The monoisotopic (exact) mass is 346 g/mol. The van der Waals surface area contributed by atoms with Crippen LogP contribution in [0.25, 0.3) is 22.2 Å². The van der Waals surface area contributed by atoms with Crippen molar-refractivity contribution in [1.29, 1.82) is 0 Å². The maximum absolute atomic E-state index is 5.54. The second-order valence-corrected chi connectivity index (χ2v) is 7.97. The van der Waals surface area contributed by atoms with Gasteiger partial charge in [0.2, 0.25) is 0 Å². The Morgan fingerprint density at radius 1 is 0.923 bits per heavy atom. The highest BCUT2D eigenvalue weighted by Gasteiger charge is 2.17. The Bertz CT molecular complexity index is 904. The Morgan fingerprint density at radius 3 is 2.31 bits per heavy atom. The van der Waals surface area contributed by atoms with Gasteiger partial charge < -0.3 is 9.64 Å². The van der Waals surface area contributed by atoms with Gasteiger partial charge in [0.05, 0.1) is 24.4 Å². The van der Waals surface area contributed by atoms with Gasteiger partial charge in [-0.1, -0.05) is 63.2 Å².